The van der Waals surface area contributed by atoms with Crippen LogP contribution < -0.4 is 4.72 Å². The third-order valence-electron chi connectivity index (χ3n) is 3.48. The van der Waals surface area contributed by atoms with Crippen LogP contribution in [0, 0.1) is 11.7 Å². The average molecular weight is 350 g/mol. The molecule has 1 N–H and O–H groups in total. The van der Waals surface area contributed by atoms with Crippen molar-refractivity contribution in [2.75, 3.05) is 6.54 Å². The second-order valence-corrected chi connectivity index (χ2v) is 7.75. The Morgan fingerprint density at radius 1 is 1.26 bits per heavy atom. The standard InChI is InChI=1S/C13H17BrFNO2S/c14-11-6-2-1-5-10(11)9-16-19(17,18)13-8-4-3-7-12(13)15/h3-4,7-8,10-11,16H,1-2,5-6,9H2. The fraction of sp³-hybridized carbons (Fsp3) is 0.538. The van der Waals surface area contributed by atoms with Crippen LogP contribution >= 0.6 is 15.9 Å². The number of benzene rings is 1. The maximum atomic E-state index is 13.5. The van der Waals surface area contributed by atoms with Crippen LogP contribution in [0.1, 0.15) is 25.7 Å². The Morgan fingerprint density at radius 3 is 2.63 bits per heavy atom. The largest absolute Gasteiger partial charge is 0.243 e. The topological polar surface area (TPSA) is 46.2 Å². The Labute approximate surface area is 121 Å². The van der Waals surface area contributed by atoms with Crippen molar-refractivity contribution in [3.05, 3.63) is 30.1 Å². The molecule has 1 saturated carbocycles. The SMILES string of the molecule is O=S(=O)(NCC1CCCCC1Br)c1ccccc1F. The first-order valence-electron chi connectivity index (χ1n) is 6.39. The highest BCUT2D eigenvalue weighted by Crippen LogP contribution is 2.29. The quantitative estimate of drug-likeness (QED) is 0.849. The first kappa shape index (κ1) is 14.9. The molecule has 2 atom stereocenters. The molecule has 0 saturated heterocycles. The van der Waals surface area contributed by atoms with Gasteiger partial charge in [0.05, 0.1) is 0 Å². The molecule has 0 aromatic heterocycles. The fourth-order valence-electron chi connectivity index (χ4n) is 2.35. The second-order valence-electron chi connectivity index (χ2n) is 4.84. The lowest BCUT2D eigenvalue weighted by Gasteiger charge is -2.27. The molecule has 1 aromatic rings. The van der Waals surface area contributed by atoms with Gasteiger partial charge in [0.1, 0.15) is 10.7 Å². The molecular formula is C13H17BrFNO2S. The summed E-state index contributed by atoms with van der Waals surface area (Å²) in [6.45, 7) is 0.354. The number of rotatable bonds is 4. The van der Waals surface area contributed by atoms with E-state index in [4.69, 9.17) is 0 Å². The highest BCUT2D eigenvalue weighted by Gasteiger charge is 2.25. The van der Waals surface area contributed by atoms with Crippen LogP contribution in [0.3, 0.4) is 0 Å². The molecule has 106 valence electrons. The van der Waals surface area contributed by atoms with E-state index in [1.165, 1.54) is 24.6 Å². The van der Waals surface area contributed by atoms with E-state index in [2.05, 4.69) is 20.7 Å². The molecule has 1 aliphatic rings. The molecule has 0 radical (unpaired) electrons. The van der Waals surface area contributed by atoms with Crippen LogP contribution in [0.5, 0.6) is 0 Å². The van der Waals surface area contributed by atoms with Gasteiger partial charge in [0.2, 0.25) is 10.0 Å². The highest BCUT2D eigenvalue weighted by molar-refractivity contribution is 9.09. The number of halogens is 2. The monoisotopic (exact) mass is 349 g/mol. The van der Waals surface area contributed by atoms with Gasteiger partial charge >= 0.3 is 0 Å². The Bertz CT molecular complexity index is 535. The molecule has 1 fully saturated rings. The van der Waals surface area contributed by atoms with Gasteiger partial charge < -0.3 is 0 Å². The molecule has 6 heteroatoms. The summed E-state index contributed by atoms with van der Waals surface area (Å²) in [6.07, 6.45) is 4.35. The van der Waals surface area contributed by atoms with Gasteiger partial charge in [-0.2, -0.15) is 0 Å². The Morgan fingerprint density at radius 2 is 1.95 bits per heavy atom. The van der Waals surface area contributed by atoms with Gasteiger partial charge in [-0.15, -0.1) is 0 Å². The predicted molar refractivity (Wildman–Crippen MR) is 76.3 cm³/mol. The third kappa shape index (κ3) is 3.77. The van der Waals surface area contributed by atoms with E-state index in [1.807, 2.05) is 0 Å². The van der Waals surface area contributed by atoms with Gasteiger partial charge in [-0.3, -0.25) is 0 Å². The van der Waals surface area contributed by atoms with Gasteiger partial charge in [-0.1, -0.05) is 40.9 Å². The molecule has 0 spiro atoms. The Hall–Kier alpha value is -0.460. The van der Waals surface area contributed by atoms with Crippen molar-refractivity contribution in [3.8, 4) is 0 Å². The summed E-state index contributed by atoms with van der Waals surface area (Å²) in [4.78, 5) is 0.0569. The first-order valence-corrected chi connectivity index (χ1v) is 8.79. The van der Waals surface area contributed by atoms with Crippen molar-refractivity contribution < 1.29 is 12.8 Å². The van der Waals surface area contributed by atoms with Gasteiger partial charge in [0.15, 0.2) is 0 Å². The molecule has 1 aromatic carbocycles. The van der Waals surface area contributed by atoms with E-state index in [1.54, 1.807) is 0 Å². The summed E-state index contributed by atoms with van der Waals surface area (Å²) in [7, 11) is -3.76. The second kappa shape index (κ2) is 6.33. The molecule has 19 heavy (non-hydrogen) atoms. The number of hydrogen-bond acceptors (Lipinski definition) is 2. The van der Waals surface area contributed by atoms with Crippen LogP contribution in [0.2, 0.25) is 0 Å². The smallest absolute Gasteiger partial charge is 0.211 e. The lowest BCUT2D eigenvalue weighted by Crippen LogP contribution is -2.34. The van der Waals surface area contributed by atoms with E-state index in [-0.39, 0.29) is 10.8 Å². The van der Waals surface area contributed by atoms with Crippen LogP contribution in [-0.2, 0) is 10.0 Å². The van der Waals surface area contributed by atoms with Crippen LogP contribution in [0.15, 0.2) is 29.2 Å². The molecule has 0 aliphatic heterocycles. The zero-order valence-corrected chi connectivity index (χ0v) is 12.9. The molecular weight excluding hydrogens is 333 g/mol. The minimum absolute atomic E-state index is 0.273. The predicted octanol–water partition coefficient (Wildman–Crippen LogP) is 3.06. The summed E-state index contributed by atoms with van der Waals surface area (Å²) >= 11 is 3.58. The summed E-state index contributed by atoms with van der Waals surface area (Å²) in [5.41, 5.74) is 0. The van der Waals surface area contributed by atoms with Gasteiger partial charge in [-0.05, 0) is 30.9 Å². The Balaban J connectivity index is 2.04. The molecule has 2 unspecified atom stereocenters. The lowest BCUT2D eigenvalue weighted by molar-refractivity contribution is 0.373. The normalized spacial score (nSPS) is 24.3. The molecule has 0 amide bonds. The zero-order chi connectivity index (χ0) is 13.9. The molecule has 3 nitrogen and oxygen atoms in total. The molecule has 1 aliphatic carbocycles. The van der Waals surface area contributed by atoms with Crippen molar-refractivity contribution in [3.63, 3.8) is 0 Å². The maximum absolute atomic E-state index is 13.5. The minimum Gasteiger partial charge on any atom is -0.211 e. The lowest BCUT2D eigenvalue weighted by atomic mass is 9.89. The summed E-state index contributed by atoms with van der Waals surface area (Å²) < 4.78 is 40.1. The highest BCUT2D eigenvalue weighted by atomic mass is 79.9. The molecule has 2 rings (SSSR count). The number of nitrogens with one attached hydrogen (secondary N) is 1. The molecule has 0 heterocycles. The zero-order valence-electron chi connectivity index (χ0n) is 10.5. The van der Waals surface area contributed by atoms with E-state index in [0.29, 0.717) is 11.4 Å². The van der Waals surface area contributed by atoms with Gasteiger partial charge in [-0.25, -0.2) is 17.5 Å². The number of alkyl halides is 1. The summed E-state index contributed by atoms with van der Waals surface area (Å²) in [6, 6.07) is 5.43. The van der Waals surface area contributed by atoms with Crippen LogP contribution in [-0.4, -0.2) is 19.8 Å². The summed E-state index contributed by atoms with van der Waals surface area (Å²) in [5, 5.41) is 0. The molecule has 0 bridgehead atoms. The van der Waals surface area contributed by atoms with Crippen molar-refractivity contribution in [1.82, 2.24) is 4.72 Å². The number of hydrogen-bond donors (Lipinski definition) is 1. The van der Waals surface area contributed by atoms with Gasteiger partial charge in [0.25, 0.3) is 0 Å². The van der Waals surface area contributed by atoms with Crippen molar-refractivity contribution in [2.45, 2.75) is 35.4 Å². The fourth-order valence-corrected chi connectivity index (χ4v) is 4.30. The maximum Gasteiger partial charge on any atom is 0.243 e. The van der Waals surface area contributed by atoms with Crippen molar-refractivity contribution in [1.29, 1.82) is 0 Å². The van der Waals surface area contributed by atoms with E-state index >= 15 is 0 Å². The number of sulfonamides is 1. The average Bonchev–Trinajstić information content (AvgIpc) is 2.38. The van der Waals surface area contributed by atoms with Crippen molar-refractivity contribution >= 4 is 26.0 Å². The first-order chi connectivity index (χ1) is 9.00. The minimum atomic E-state index is -3.76. The van der Waals surface area contributed by atoms with E-state index < -0.39 is 15.8 Å². The van der Waals surface area contributed by atoms with E-state index in [9.17, 15) is 12.8 Å². The summed E-state index contributed by atoms with van der Waals surface area (Å²) in [5.74, 6) is -0.440. The Kier molecular flexibility index (Phi) is 4.97. The third-order valence-corrected chi connectivity index (χ3v) is 6.14. The van der Waals surface area contributed by atoms with Crippen molar-refractivity contribution in [2.24, 2.45) is 5.92 Å². The van der Waals surface area contributed by atoms with Crippen LogP contribution in [0.4, 0.5) is 4.39 Å². The van der Waals surface area contributed by atoms with Crippen LogP contribution in [0.25, 0.3) is 0 Å². The van der Waals surface area contributed by atoms with Gasteiger partial charge in [0, 0.05) is 11.4 Å². The van der Waals surface area contributed by atoms with E-state index in [0.717, 1.165) is 25.3 Å².